The first kappa shape index (κ1) is 15.6. The second kappa shape index (κ2) is 5.29. The highest BCUT2D eigenvalue weighted by Crippen LogP contribution is 2.23. The molecular formula is C13H25NO3S. The van der Waals surface area contributed by atoms with Crippen LogP contribution in [0.4, 0.5) is 0 Å². The molecule has 1 rings (SSSR count). The molecular weight excluding hydrogens is 250 g/mol. The van der Waals surface area contributed by atoms with E-state index in [2.05, 4.69) is 5.32 Å². The molecule has 4 nitrogen and oxygen atoms in total. The molecule has 1 unspecified atom stereocenters. The van der Waals surface area contributed by atoms with Crippen LogP contribution >= 0.6 is 0 Å². The summed E-state index contributed by atoms with van der Waals surface area (Å²) >= 11 is 0. The quantitative estimate of drug-likeness (QED) is 0.848. The van der Waals surface area contributed by atoms with Gasteiger partial charge in [-0.05, 0) is 53.5 Å². The minimum atomic E-state index is -3.21. The second-order valence-electron chi connectivity index (χ2n) is 6.32. The van der Waals surface area contributed by atoms with Crippen molar-refractivity contribution in [3.63, 3.8) is 0 Å². The monoisotopic (exact) mass is 275 g/mol. The zero-order chi connectivity index (χ0) is 14.0. The summed E-state index contributed by atoms with van der Waals surface area (Å²) in [6.07, 6.45) is 3.04. The van der Waals surface area contributed by atoms with E-state index in [9.17, 15) is 13.2 Å². The van der Waals surface area contributed by atoms with E-state index >= 15 is 0 Å². The maximum Gasteiger partial charge on any atom is 0.155 e. The van der Waals surface area contributed by atoms with Crippen LogP contribution in [-0.4, -0.2) is 36.8 Å². The maximum atomic E-state index is 12.2. The number of piperidine rings is 1. The van der Waals surface area contributed by atoms with E-state index in [0.717, 1.165) is 25.8 Å². The lowest BCUT2D eigenvalue weighted by molar-refractivity contribution is -0.125. The predicted octanol–water partition coefficient (Wildman–Crippen LogP) is 1.69. The molecule has 0 aliphatic carbocycles. The average Bonchev–Trinajstić information content (AvgIpc) is 2.25. The minimum absolute atomic E-state index is 0.0232. The van der Waals surface area contributed by atoms with Gasteiger partial charge in [0.25, 0.3) is 0 Å². The van der Waals surface area contributed by atoms with E-state index in [4.69, 9.17) is 0 Å². The van der Waals surface area contributed by atoms with Gasteiger partial charge in [-0.15, -0.1) is 0 Å². The summed E-state index contributed by atoms with van der Waals surface area (Å²) in [7, 11) is -3.21. The van der Waals surface area contributed by atoms with E-state index in [1.807, 2.05) is 6.92 Å². The lowest BCUT2D eigenvalue weighted by Crippen LogP contribution is -2.52. The Kier molecular flexibility index (Phi) is 4.60. The van der Waals surface area contributed by atoms with Crippen LogP contribution in [0.15, 0.2) is 0 Å². The maximum absolute atomic E-state index is 12.2. The number of Topliss-reactive ketones (excluding diaryl/α,β-unsaturated/α-hetero) is 1. The van der Waals surface area contributed by atoms with Gasteiger partial charge in [-0.25, -0.2) is 8.42 Å². The number of hydrogen-bond acceptors (Lipinski definition) is 4. The molecule has 0 aromatic carbocycles. The molecule has 0 saturated carbocycles. The summed E-state index contributed by atoms with van der Waals surface area (Å²) in [5.41, 5.74) is -0.522. The molecule has 1 saturated heterocycles. The summed E-state index contributed by atoms with van der Waals surface area (Å²) in [6, 6.07) is 0. The number of nitrogens with one attached hydrogen (secondary N) is 1. The molecule has 1 aliphatic heterocycles. The van der Waals surface area contributed by atoms with Gasteiger partial charge >= 0.3 is 0 Å². The Morgan fingerprint density at radius 3 is 2.33 bits per heavy atom. The Hall–Kier alpha value is -0.420. The van der Waals surface area contributed by atoms with Crippen LogP contribution in [0.25, 0.3) is 0 Å². The lowest BCUT2D eigenvalue weighted by Gasteiger charge is -2.33. The number of sulfone groups is 1. The molecule has 0 amide bonds. The van der Waals surface area contributed by atoms with Crippen molar-refractivity contribution >= 4 is 15.6 Å². The Bertz CT molecular complexity index is 400. The van der Waals surface area contributed by atoms with E-state index < -0.39 is 20.1 Å². The number of ketones is 1. The van der Waals surface area contributed by atoms with Crippen LogP contribution in [0.5, 0.6) is 0 Å². The van der Waals surface area contributed by atoms with E-state index in [-0.39, 0.29) is 18.0 Å². The van der Waals surface area contributed by atoms with Gasteiger partial charge in [0.1, 0.15) is 0 Å². The average molecular weight is 275 g/mol. The van der Waals surface area contributed by atoms with Crippen molar-refractivity contribution in [2.45, 2.75) is 63.7 Å². The van der Waals surface area contributed by atoms with E-state index in [1.54, 1.807) is 20.8 Å². The van der Waals surface area contributed by atoms with Gasteiger partial charge in [0.2, 0.25) is 0 Å². The minimum Gasteiger partial charge on any atom is -0.305 e. The van der Waals surface area contributed by atoms with Crippen LogP contribution in [0, 0.1) is 0 Å². The summed E-state index contributed by atoms with van der Waals surface area (Å²) in [6.45, 7) is 7.75. The van der Waals surface area contributed by atoms with Crippen molar-refractivity contribution in [3.8, 4) is 0 Å². The molecule has 1 heterocycles. The SMILES string of the molecule is CC1(C(=O)CCS(=O)(=O)C(C)(C)C)CCCCN1. The third-order valence-corrected chi connectivity index (χ3v) is 6.37. The van der Waals surface area contributed by atoms with E-state index in [1.165, 1.54) is 0 Å². The fourth-order valence-corrected chi connectivity index (χ4v) is 3.17. The Balaban J connectivity index is 2.61. The van der Waals surface area contributed by atoms with Crippen LogP contribution in [-0.2, 0) is 14.6 Å². The molecule has 1 aliphatic rings. The number of rotatable bonds is 4. The Labute approximate surface area is 110 Å². The van der Waals surface area contributed by atoms with Crippen LogP contribution < -0.4 is 5.32 Å². The first-order valence-corrected chi connectivity index (χ1v) is 8.24. The molecule has 106 valence electrons. The summed E-state index contributed by atoms with van der Waals surface area (Å²) in [5.74, 6) is -0.0258. The molecule has 1 fully saturated rings. The number of hydrogen-bond donors (Lipinski definition) is 1. The topological polar surface area (TPSA) is 63.2 Å². The molecule has 5 heteroatoms. The van der Waals surface area contributed by atoms with Crippen molar-refractivity contribution < 1.29 is 13.2 Å². The first-order chi connectivity index (χ1) is 8.08. The van der Waals surface area contributed by atoms with Crippen LogP contribution in [0.2, 0.25) is 0 Å². The molecule has 0 bridgehead atoms. The zero-order valence-corrected chi connectivity index (χ0v) is 12.7. The number of carbonyl (C=O) groups excluding carboxylic acids is 1. The van der Waals surface area contributed by atoms with Crippen LogP contribution in [0.1, 0.15) is 53.4 Å². The molecule has 1 N–H and O–H groups in total. The summed E-state index contributed by atoms with van der Waals surface area (Å²) < 4.78 is 23.2. The second-order valence-corrected chi connectivity index (χ2v) is 9.18. The molecule has 0 radical (unpaired) electrons. The summed E-state index contributed by atoms with van der Waals surface area (Å²) in [5, 5.41) is 3.23. The largest absolute Gasteiger partial charge is 0.305 e. The van der Waals surface area contributed by atoms with Gasteiger partial charge in [0.15, 0.2) is 15.6 Å². The van der Waals surface area contributed by atoms with Gasteiger partial charge in [-0.3, -0.25) is 4.79 Å². The fourth-order valence-electron chi connectivity index (χ4n) is 2.10. The normalized spacial score (nSPS) is 26.0. The van der Waals surface area contributed by atoms with Gasteiger partial charge in [-0.1, -0.05) is 0 Å². The van der Waals surface area contributed by atoms with Gasteiger partial charge in [-0.2, -0.15) is 0 Å². The standard InChI is InChI=1S/C13H25NO3S/c1-12(2,3)18(16,17)10-7-11(15)13(4)8-5-6-9-14-13/h14H,5-10H2,1-4H3. The molecule has 18 heavy (non-hydrogen) atoms. The van der Waals surface area contributed by atoms with Crippen molar-refractivity contribution in [1.82, 2.24) is 5.32 Å². The highest BCUT2D eigenvalue weighted by Gasteiger charge is 2.36. The highest BCUT2D eigenvalue weighted by molar-refractivity contribution is 7.92. The first-order valence-electron chi connectivity index (χ1n) is 6.59. The summed E-state index contributed by atoms with van der Waals surface area (Å²) in [4.78, 5) is 12.2. The zero-order valence-electron chi connectivity index (χ0n) is 11.9. The van der Waals surface area contributed by atoms with Crippen molar-refractivity contribution in [1.29, 1.82) is 0 Å². The number of carbonyl (C=O) groups is 1. The Morgan fingerprint density at radius 1 is 1.28 bits per heavy atom. The predicted molar refractivity (Wildman–Crippen MR) is 73.4 cm³/mol. The van der Waals surface area contributed by atoms with Gasteiger partial charge < -0.3 is 5.32 Å². The molecule has 0 aromatic heterocycles. The molecule has 1 atom stereocenters. The van der Waals surface area contributed by atoms with Crippen LogP contribution in [0.3, 0.4) is 0 Å². The van der Waals surface area contributed by atoms with Crippen molar-refractivity contribution in [2.24, 2.45) is 0 Å². The van der Waals surface area contributed by atoms with E-state index in [0.29, 0.717) is 0 Å². The third-order valence-electron chi connectivity index (χ3n) is 3.77. The lowest BCUT2D eigenvalue weighted by atomic mass is 9.86. The Morgan fingerprint density at radius 2 is 1.89 bits per heavy atom. The van der Waals surface area contributed by atoms with Crippen molar-refractivity contribution in [3.05, 3.63) is 0 Å². The highest BCUT2D eigenvalue weighted by atomic mass is 32.2. The third kappa shape index (κ3) is 3.54. The van der Waals surface area contributed by atoms with Gasteiger partial charge in [0, 0.05) is 6.42 Å². The van der Waals surface area contributed by atoms with Gasteiger partial charge in [0.05, 0.1) is 16.0 Å². The smallest absolute Gasteiger partial charge is 0.155 e. The fraction of sp³-hybridized carbons (Fsp3) is 0.923. The molecule has 0 aromatic rings. The molecule has 0 spiro atoms. The van der Waals surface area contributed by atoms with Crippen molar-refractivity contribution in [2.75, 3.05) is 12.3 Å².